The van der Waals surface area contributed by atoms with Gasteiger partial charge in [0.1, 0.15) is 0 Å². The lowest BCUT2D eigenvalue weighted by Gasteiger charge is -2.53. The van der Waals surface area contributed by atoms with E-state index in [2.05, 4.69) is 0 Å². The summed E-state index contributed by atoms with van der Waals surface area (Å²) in [5.41, 5.74) is -13.4. The Morgan fingerprint density at radius 1 is 0.577 bits per heavy atom. The highest BCUT2D eigenvalue weighted by atomic mass is 19.4. The summed E-state index contributed by atoms with van der Waals surface area (Å²) in [7, 11) is 0. The summed E-state index contributed by atoms with van der Waals surface area (Å²) in [5.74, 6) is -5.14. The second-order valence-corrected chi connectivity index (χ2v) is 6.79. The van der Waals surface area contributed by atoms with Crippen molar-refractivity contribution >= 4 is 0 Å². The van der Waals surface area contributed by atoms with Crippen molar-refractivity contribution in [2.45, 2.75) is 56.0 Å². The van der Waals surface area contributed by atoms with Crippen LogP contribution >= 0.6 is 0 Å². The maximum absolute atomic E-state index is 13.4. The quantitative estimate of drug-likeness (QED) is 0.604. The molecule has 2 bridgehead atoms. The van der Waals surface area contributed by atoms with Gasteiger partial charge in [-0.05, 0) is 31.1 Å². The largest absolute Gasteiger partial charge is 0.419 e. The summed E-state index contributed by atoms with van der Waals surface area (Å²) in [4.78, 5) is 0. The average Bonchev–Trinajstić information content (AvgIpc) is 2.93. The van der Waals surface area contributed by atoms with E-state index in [0.29, 0.717) is 0 Å². The van der Waals surface area contributed by atoms with Crippen molar-refractivity contribution in [2.75, 3.05) is 0 Å². The lowest BCUT2D eigenvalue weighted by atomic mass is 9.59. The maximum Gasteiger partial charge on any atom is 0.419 e. The van der Waals surface area contributed by atoms with Gasteiger partial charge < -0.3 is 5.11 Å². The van der Waals surface area contributed by atoms with Crippen LogP contribution in [-0.4, -0.2) is 35.4 Å². The number of fused-ring (bicyclic) bond motifs is 2. The van der Waals surface area contributed by atoms with Gasteiger partial charge in [0.25, 0.3) is 5.41 Å². The van der Waals surface area contributed by atoms with Gasteiger partial charge in [-0.3, -0.25) is 0 Å². The zero-order chi connectivity index (χ0) is 20.6. The third-order valence-electron chi connectivity index (χ3n) is 5.55. The zero-order valence-corrected chi connectivity index (χ0v) is 12.5. The lowest BCUT2D eigenvalue weighted by Crippen LogP contribution is -2.78. The van der Waals surface area contributed by atoms with E-state index in [4.69, 9.17) is 0 Å². The van der Waals surface area contributed by atoms with Crippen LogP contribution in [0.1, 0.15) is 25.7 Å². The molecule has 4 atom stereocenters. The summed E-state index contributed by atoms with van der Waals surface area (Å²) in [6, 6.07) is 0. The Balaban J connectivity index is 2.88. The fraction of sp³-hybridized carbons (Fsp3) is 1.00. The smallest absolute Gasteiger partial charge is 0.379 e. The Kier molecular flexibility index (Phi) is 4.59. The number of alkyl halides is 12. The first-order chi connectivity index (χ1) is 11.3. The number of hydrogen-bond donors (Lipinski definition) is 1. The van der Waals surface area contributed by atoms with E-state index in [1.54, 1.807) is 0 Å². The van der Waals surface area contributed by atoms with E-state index in [0.717, 1.165) is 0 Å². The molecule has 0 spiro atoms. The summed E-state index contributed by atoms with van der Waals surface area (Å²) < 4.78 is 159. The molecule has 1 nitrogen and oxygen atoms in total. The van der Waals surface area contributed by atoms with Gasteiger partial charge in [0.2, 0.25) is 0 Å². The van der Waals surface area contributed by atoms with Crippen LogP contribution in [0.4, 0.5) is 52.7 Å². The normalized spacial score (nSPS) is 30.6. The molecule has 0 amide bonds. The molecule has 0 aromatic carbocycles. The number of aliphatic hydroxyl groups is 1. The molecule has 0 aromatic heterocycles. The highest BCUT2D eigenvalue weighted by Gasteiger charge is 2.96. The Morgan fingerprint density at radius 3 is 1.23 bits per heavy atom. The molecule has 0 aromatic rings. The van der Waals surface area contributed by atoms with Gasteiger partial charge >= 0.3 is 24.7 Å². The van der Waals surface area contributed by atoms with E-state index >= 15 is 0 Å². The summed E-state index contributed by atoms with van der Waals surface area (Å²) in [6.45, 7) is 0. The van der Waals surface area contributed by atoms with Crippen LogP contribution in [-0.2, 0) is 0 Å². The van der Waals surface area contributed by atoms with Gasteiger partial charge in [0.05, 0.1) is 0 Å². The third-order valence-corrected chi connectivity index (χ3v) is 5.55. The molecule has 0 heterocycles. The molecule has 0 radical (unpaired) electrons. The first-order valence-electron chi connectivity index (χ1n) is 7.31. The van der Waals surface area contributed by atoms with Crippen LogP contribution in [0.3, 0.4) is 0 Å². The van der Waals surface area contributed by atoms with Crippen molar-refractivity contribution in [1.82, 2.24) is 0 Å². The number of halogens is 12. The standard InChI is InChI=1S/C13H12F12O/c14-10(15,16)8(26,7-4-5-1-2-6(7)3-5)9(11(17,18)19,12(20,21)22)13(23,24)25/h5-7,26H,1-4H2. The molecular weight excluding hydrogens is 400 g/mol. The Labute approximate surface area is 138 Å². The molecule has 0 saturated heterocycles. The number of hydrogen-bond acceptors (Lipinski definition) is 1. The van der Waals surface area contributed by atoms with Crippen LogP contribution in [0.2, 0.25) is 0 Å². The SMILES string of the molecule is OC(C1CC2CCC1C2)(C(F)(F)F)C(C(F)(F)F)(C(F)(F)F)C(F)(F)F. The number of rotatable bonds is 2. The Bertz CT molecular complexity index is 505. The van der Waals surface area contributed by atoms with Gasteiger partial charge in [-0.25, -0.2) is 0 Å². The van der Waals surface area contributed by atoms with Crippen molar-refractivity contribution in [3.05, 3.63) is 0 Å². The van der Waals surface area contributed by atoms with Crippen molar-refractivity contribution < 1.29 is 57.8 Å². The molecule has 2 fully saturated rings. The van der Waals surface area contributed by atoms with Gasteiger partial charge in [0.15, 0.2) is 5.60 Å². The van der Waals surface area contributed by atoms with E-state index in [-0.39, 0.29) is 19.3 Å². The summed E-state index contributed by atoms with van der Waals surface area (Å²) >= 11 is 0. The average molecular weight is 412 g/mol. The monoisotopic (exact) mass is 412 g/mol. The highest BCUT2D eigenvalue weighted by Crippen LogP contribution is 2.72. The van der Waals surface area contributed by atoms with E-state index in [1.165, 1.54) is 0 Å². The van der Waals surface area contributed by atoms with Crippen molar-refractivity contribution in [3.8, 4) is 0 Å². The molecule has 4 unspecified atom stereocenters. The molecule has 0 aliphatic heterocycles. The lowest BCUT2D eigenvalue weighted by molar-refractivity contribution is -0.506. The molecule has 2 aliphatic rings. The Morgan fingerprint density at radius 2 is 1.00 bits per heavy atom. The molecular formula is C13H12F12O. The van der Waals surface area contributed by atoms with Gasteiger partial charge in [-0.2, -0.15) is 52.7 Å². The summed E-state index contributed by atoms with van der Waals surface area (Å²) in [6.07, 6.45) is -30.7. The fourth-order valence-corrected chi connectivity index (χ4v) is 4.59. The first-order valence-corrected chi connectivity index (χ1v) is 7.31. The topological polar surface area (TPSA) is 20.2 Å². The molecule has 13 heteroatoms. The summed E-state index contributed by atoms with van der Waals surface area (Å²) in [5, 5.41) is 9.80. The van der Waals surface area contributed by atoms with Gasteiger partial charge in [0, 0.05) is 5.92 Å². The molecule has 1 N–H and O–H groups in total. The second kappa shape index (κ2) is 5.57. The third kappa shape index (κ3) is 2.51. The van der Waals surface area contributed by atoms with Gasteiger partial charge in [-0.1, -0.05) is 6.42 Å². The Hall–Kier alpha value is -0.880. The predicted molar refractivity (Wildman–Crippen MR) is 60.5 cm³/mol. The van der Waals surface area contributed by atoms with Crippen molar-refractivity contribution in [1.29, 1.82) is 0 Å². The minimum atomic E-state index is -7.49. The van der Waals surface area contributed by atoms with Crippen LogP contribution < -0.4 is 0 Å². The maximum atomic E-state index is 13.4. The van der Waals surface area contributed by atoms with Crippen LogP contribution in [0, 0.1) is 23.2 Å². The molecule has 2 saturated carbocycles. The van der Waals surface area contributed by atoms with E-state index in [1.807, 2.05) is 0 Å². The second-order valence-electron chi connectivity index (χ2n) is 6.79. The zero-order valence-electron chi connectivity index (χ0n) is 12.5. The van der Waals surface area contributed by atoms with Crippen molar-refractivity contribution in [2.24, 2.45) is 23.2 Å². The first kappa shape index (κ1) is 21.4. The minimum Gasteiger partial charge on any atom is -0.379 e. The highest BCUT2D eigenvalue weighted by molar-refractivity contribution is 5.19. The van der Waals surface area contributed by atoms with Crippen LogP contribution in [0.25, 0.3) is 0 Å². The molecule has 154 valence electrons. The van der Waals surface area contributed by atoms with Crippen molar-refractivity contribution in [3.63, 3.8) is 0 Å². The predicted octanol–water partition coefficient (Wildman–Crippen LogP) is 5.39. The van der Waals surface area contributed by atoms with E-state index in [9.17, 15) is 57.8 Å². The van der Waals surface area contributed by atoms with Crippen LogP contribution in [0.15, 0.2) is 0 Å². The van der Waals surface area contributed by atoms with E-state index < -0.39 is 59.9 Å². The minimum absolute atomic E-state index is 0.173. The molecule has 2 aliphatic carbocycles. The van der Waals surface area contributed by atoms with Gasteiger partial charge in [-0.15, -0.1) is 0 Å². The fourth-order valence-electron chi connectivity index (χ4n) is 4.59. The van der Waals surface area contributed by atoms with Crippen LogP contribution in [0.5, 0.6) is 0 Å². The molecule has 2 rings (SSSR count). The molecule has 26 heavy (non-hydrogen) atoms.